The summed E-state index contributed by atoms with van der Waals surface area (Å²) in [5.41, 5.74) is 1.22. The van der Waals surface area contributed by atoms with Crippen molar-refractivity contribution in [2.24, 2.45) is 11.3 Å². The molecule has 4 rings (SSSR count). The van der Waals surface area contributed by atoms with E-state index >= 15 is 0 Å². The predicted octanol–water partition coefficient (Wildman–Crippen LogP) is 3.90. The van der Waals surface area contributed by atoms with E-state index in [9.17, 15) is 9.59 Å². The second-order valence-electron chi connectivity index (χ2n) is 8.11. The van der Waals surface area contributed by atoms with Crippen LogP contribution in [0.5, 0.6) is 0 Å². The lowest BCUT2D eigenvalue weighted by molar-refractivity contribution is -0.145. The van der Waals surface area contributed by atoms with Crippen LogP contribution in [0.15, 0.2) is 18.2 Å². The molecule has 1 N–H and O–H groups in total. The van der Waals surface area contributed by atoms with E-state index in [1.54, 1.807) is 11.0 Å². The summed E-state index contributed by atoms with van der Waals surface area (Å²) in [5, 5.41) is 3.48. The van der Waals surface area contributed by atoms with E-state index in [0.717, 1.165) is 37.9 Å². The zero-order valence-electron chi connectivity index (χ0n) is 15.3. The molecule has 0 unspecified atom stereocenters. The van der Waals surface area contributed by atoms with Crippen LogP contribution in [0.1, 0.15) is 37.7 Å². The predicted molar refractivity (Wildman–Crippen MR) is 102 cm³/mol. The van der Waals surface area contributed by atoms with Crippen molar-refractivity contribution in [3.63, 3.8) is 0 Å². The summed E-state index contributed by atoms with van der Waals surface area (Å²) in [6, 6.07) is 5.40. The Morgan fingerprint density at radius 1 is 1.31 bits per heavy atom. The number of nitrogens with zero attached hydrogens (tertiary/aromatic N) is 2. The minimum absolute atomic E-state index is 0.162. The first-order chi connectivity index (χ1) is 12.5. The smallest absolute Gasteiger partial charge is 0.321 e. The number of hydrogen-bond acceptors (Lipinski definition) is 2. The fraction of sp³-hybridized carbons (Fsp3) is 0.600. The largest absolute Gasteiger partial charge is 0.342 e. The van der Waals surface area contributed by atoms with Crippen molar-refractivity contribution in [1.29, 1.82) is 0 Å². The third-order valence-corrected chi connectivity index (χ3v) is 6.41. The van der Waals surface area contributed by atoms with Gasteiger partial charge in [-0.1, -0.05) is 23.7 Å². The molecule has 2 aliphatic heterocycles. The van der Waals surface area contributed by atoms with Crippen LogP contribution in [0.25, 0.3) is 0 Å². The maximum Gasteiger partial charge on any atom is 0.321 e. The van der Waals surface area contributed by atoms with Gasteiger partial charge in [-0.3, -0.25) is 4.79 Å². The average Bonchev–Trinajstić information content (AvgIpc) is 3.33. The summed E-state index contributed by atoms with van der Waals surface area (Å²) in [5.74, 6) is 0.970. The standard InChI is InChI=1S/C20H26ClN3O2/c1-14-4-2-5-16(21)17(14)22-19(26)24-11-9-20(13-24)8-3-10-23(18(20)25)12-15-6-7-15/h2,4-5,15H,3,6-13H2,1H3,(H,22,26)/t20-/m0/s1. The van der Waals surface area contributed by atoms with E-state index in [1.807, 2.05) is 19.1 Å². The molecule has 5 nitrogen and oxygen atoms in total. The van der Waals surface area contributed by atoms with Gasteiger partial charge in [0, 0.05) is 26.2 Å². The van der Waals surface area contributed by atoms with Crippen molar-refractivity contribution in [3.05, 3.63) is 28.8 Å². The first-order valence-corrected chi connectivity index (χ1v) is 9.97. The highest BCUT2D eigenvalue weighted by Gasteiger charge is 2.50. The van der Waals surface area contributed by atoms with Crippen molar-refractivity contribution >= 4 is 29.2 Å². The Balaban J connectivity index is 1.44. The highest BCUT2D eigenvalue weighted by atomic mass is 35.5. The lowest BCUT2D eigenvalue weighted by Crippen LogP contribution is -2.51. The highest BCUT2D eigenvalue weighted by Crippen LogP contribution is 2.42. The van der Waals surface area contributed by atoms with Crippen LogP contribution in [0, 0.1) is 18.3 Å². The molecule has 26 heavy (non-hydrogen) atoms. The van der Waals surface area contributed by atoms with Gasteiger partial charge < -0.3 is 15.1 Å². The van der Waals surface area contributed by atoms with Crippen LogP contribution in [0.2, 0.25) is 5.02 Å². The van der Waals surface area contributed by atoms with Gasteiger partial charge in [-0.15, -0.1) is 0 Å². The molecule has 0 bridgehead atoms. The molecule has 140 valence electrons. The highest BCUT2D eigenvalue weighted by molar-refractivity contribution is 6.33. The van der Waals surface area contributed by atoms with E-state index in [2.05, 4.69) is 10.2 Å². The number of hydrogen-bond donors (Lipinski definition) is 1. The maximum atomic E-state index is 13.1. The third-order valence-electron chi connectivity index (χ3n) is 6.09. The van der Waals surface area contributed by atoms with Crippen LogP contribution in [-0.2, 0) is 4.79 Å². The van der Waals surface area contributed by atoms with Gasteiger partial charge in [-0.05, 0) is 56.6 Å². The molecule has 2 saturated heterocycles. The van der Waals surface area contributed by atoms with Crippen LogP contribution >= 0.6 is 11.6 Å². The molecule has 3 fully saturated rings. The molecule has 3 aliphatic rings. The van der Waals surface area contributed by atoms with E-state index in [0.29, 0.717) is 29.7 Å². The second-order valence-corrected chi connectivity index (χ2v) is 8.52. The Morgan fingerprint density at radius 3 is 2.85 bits per heavy atom. The molecule has 1 aromatic rings. The number of piperidine rings is 1. The number of anilines is 1. The Morgan fingerprint density at radius 2 is 2.12 bits per heavy atom. The van der Waals surface area contributed by atoms with Crippen molar-refractivity contribution < 1.29 is 9.59 Å². The number of amides is 3. The summed E-state index contributed by atoms with van der Waals surface area (Å²) in [4.78, 5) is 29.7. The van der Waals surface area contributed by atoms with Crippen molar-refractivity contribution in [2.75, 3.05) is 31.5 Å². The minimum atomic E-state index is -0.375. The molecule has 1 aliphatic carbocycles. The number of carbonyl (C=O) groups is 2. The van der Waals surface area contributed by atoms with E-state index in [4.69, 9.17) is 11.6 Å². The van der Waals surface area contributed by atoms with Gasteiger partial charge in [0.2, 0.25) is 5.91 Å². The summed E-state index contributed by atoms with van der Waals surface area (Å²) < 4.78 is 0. The Hall–Kier alpha value is -1.75. The van der Waals surface area contributed by atoms with Crippen LogP contribution in [-0.4, -0.2) is 47.9 Å². The molecule has 1 saturated carbocycles. The number of halogens is 1. The summed E-state index contributed by atoms with van der Waals surface area (Å²) >= 11 is 6.23. The fourth-order valence-corrected chi connectivity index (χ4v) is 4.61. The van der Waals surface area contributed by atoms with Crippen LogP contribution in [0.3, 0.4) is 0 Å². The number of aryl methyl sites for hydroxylation is 1. The second kappa shape index (κ2) is 6.76. The maximum absolute atomic E-state index is 13.1. The van der Waals surface area contributed by atoms with Gasteiger partial charge in [0.25, 0.3) is 0 Å². The number of carbonyl (C=O) groups excluding carboxylic acids is 2. The molecule has 1 atom stereocenters. The number of para-hydroxylation sites is 1. The number of urea groups is 1. The molecule has 3 amide bonds. The first kappa shape index (κ1) is 17.7. The van der Waals surface area contributed by atoms with Gasteiger partial charge in [0.15, 0.2) is 0 Å². The van der Waals surface area contributed by atoms with E-state index < -0.39 is 0 Å². The fourth-order valence-electron chi connectivity index (χ4n) is 4.34. The molecule has 6 heteroatoms. The monoisotopic (exact) mass is 375 g/mol. The lowest BCUT2D eigenvalue weighted by atomic mass is 9.78. The van der Waals surface area contributed by atoms with Gasteiger partial charge >= 0.3 is 6.03 Å². The molecular weight excluding hydrogens is 350 g/mol. The minimum Gasteiger partial charge on any atom is -0.342 e. The van der Waals surface area contributed by atoms with Gasteiger partial charge in [-0.2, -0.15) is 0 Å². The first-order valence-electron chi connectivity index (χ1n) is 9.59. The summed E-state index contributed by atoms with van der Waals surface area (Å²) in [6.07, 6.45) is 5.20. The quantitative estimate of drug-likeness (QED) is 0.870. The SMILES string of the molecule is Cc1cccc(Cl)c1NC(=O)N1CC[C@@]2(CCCN(CC3CC3)C2=O)C1. The molecule has 1 spiro atoms. The average molecular weight is 376 g/mol. The van der Waals surface area contributed by atoms with Crippen molar-refractivity contribution in [1.82, 2.24) is 9.80 Å². The van der Waals surface area contributed by atoms with Crippen molar-refractivity contribution in [3.8, 4) is 0 Å². The number of nitrogens with one attached hydrogen (secondary N) is 1. The molecular formula is C20H26ClN3O2. The molecule has 0 aromatic heterocycles. The molecule has 2 heterocycles. The van der Waals surface area contributed by atoms with Crippen molar-refractivity contribution in [2.45, 2.75) is 39.0 Å². The molecule has 0 radical (unpaired) electrons. The lowest BCUT2D eigenvalue weighted by Gasteiger charge is -2.39. The van der Waals surface area contributed by atoms with E-state index in [-0.39, 0.29) is 17.4 Å². The van der Waals surface area contributed by atoms with Crippen LogP contribution in [0.4, 0.5) is 10.5 Å². The Labute approximate surface area is 159 Å². The van der Waals surface area contributed by atoms with Crippen LogP contribution < -0.4 is 5.32 Å². The number of likely N-dealkylation sites (tertiary alicyclic amines) is 2. The zero-order chi connectivity index (χ0) is 18.3. The Kier molecular flexibility index (Phi) is 4.59. The summed E-state index contributed by atoms with van der Waals surface area (Å²) in [7, 11) is 0. The molecule has 1 aromatic carbocycles. The topological polar surface area (TPSA) is 52.7 Å². The van der Waals surface area contributed by atoms with Gasteiger partial charge in [-0.25, -0.2) is 4.79 Å². The third kappa shape index (κ3) is 3.29. The van der Waals surface area contributed by atoms with Gasteiger partial charge in [0.05, 0.1) is 16.1 Å². The normalized spacial score (nSPS) is 25.8. The number of benzene rings is 1. The van der Waals surface area contributed by atoms with E-state index in [1.165, 1.54) is 12.8 Å². The zero-order valence-corrected chi connectivity index (χ0v) is 16.0. The summed E-state index contributed by atoms with van der Waals surface area (Å²) in [6.45, 7) is 4.85. The van der Waals surface area contributed by atoms with Gasteiger partial charge in [0.1, 0.15) is 0 Å². The Bertz CT molecular complexity index is 714. The number of rotatable bonds is 3.